The zero-order chi connectivity index (χ0) is 28.7. The first-order valence-electron chi connectivity index (χ1n) is 13.6. The summed E-state index contributed by atoms with van der Waals surface area (Å²) in [5, 5.41) is 16.3. The molecule has 3 fully saturated rings. The molecule has 9 unspecified atom stereocenters. The maximum absolute atomic E-state index is 12.3. The number of hydrogen-bond donors (Lipinski definition) is 4. The minimum absolute atomic E-state index is 0.0000540. The summed E-state index contributed by atoms with van der Waals surface area (Å²) in [5.74, 6) is -0.428. The lowest BCUT2D eigenvalue weighted by atomic mass is 9.87. The number of epoxide rings is 1. The lowest BCUT2D eigenvalue weighted by Crippen LogP contribution is -2.53. The fourth-order valence-corrected chi connectivity index (χ4v) is 5.10. The molecule has 0 radical (unpaired) electrons. The summed E-state index contributed by atoms with van der Waals surface area (Å²) in [5.41, 5.74) is 5.55. The quantitative estimate of drug-likeness (QED) is 0.138. The molecule has 0 aliphatic carbocycles. The molecule has 0 bridgehead atoms. The van der Waals surface area contributed by atoms with Crippen molar-refractivity contribution in [2.75, 3.05) is 13.2 Å². The van der Waals surface area contributed by atoms with Crippen LogP contribution in [0, 0.1) is 5.92 Å². The number of urea groups is 1. The summed E-state index contributed by atoms with van der Waals surface area (Å²) in [6.45, 7) is 9.77. The van der Waals surface area contributed by atoms with Gasteiger partial charge in [-0.05, 0) is 45.6 Å². The first kappa shape index (κ1) is 30.8. The van der Waals surface area contributed by atoms with Crippen molar-refractivity contribution in [1.29, 1.82) is 0 Å². The predicted octanol–water partition coefficient (Wildman–Crippen LogP) is 1.64. The number of carbonyl (C=O) groups excluding carboxylic acids is 3. The van der Waals surface area contributed by atoms with E-state index in [0.717, 1.165) is 12.0 Å². The molecule has 3 aliphatic rings. The van der Waals surface area contributed by atoms with Crippen molar-refractivity contribution < 1.29 is 38.4 Å². The van der Waals surface area contributed by atoms with Crippen LogP contribution in [0.5, 0.6) is 0 Å². The van der Waals surface area contributed by atoms with Gasteiger partial charge < -0.3 is 40.4 Å². The van der Waals surface area contributed by atoms with Gasteiger partial charge in [0.2, 0.25) is 5.91 Å². The van der Waals surface area contributed by atoms with Gasteiger partial charge in [0, 0.05) is 26.0 Å². The summed E-state index contributed by atoms with van der Waals surface area (Å²) in [6.07, 6.45) is 8.44. The van der Waals surface area contributed by atoms with Crippen LogP contribution in [0.25, 0.3) is 0 Å². The molecular weight excluding hydrogens is 506 g/mol. The SMILES string of the molecule is CC(=O)OC(C)C=CC(=O)NC1CC(C)C(CC=C(C)C=CC2OC(CNC(N)=O)CC3(CO3)C2O)OC1C. The van der Waals surface area contributed by atoms with Gasteiger partial charge in [0.15, 0.2) is 0 Å². The third-order valence-electron chi connectivity index (χ3n) is 7.43. The van der Waals surface area contributed by atoms with Crippen LogP contribution in [0.15, 0.2) is 36.0 Å². The zero-order valence-electron chi connectivity index (χ0n) is 23.4. The number of nitrogens with two attached hydrogens (primary N) is 1. The van der Waals surface area contributed by atoms with E-state index in [9.17, 15) is 19.5 Å². The molecule has 218 valence electrons. The molecule has 3 heterocycles. The molecule has 11 nitrogen and oxygen atoms in total. The first-order valence-corrected chi connectivity index (χ1v) is 13.6. The molecule has 0 aromatic rings. The van der Waals surface area contributed by atoms with Crippen molar-refractivity contribution in [3.8, 4) is 0 Å². The zero-order valence-corrected chi connectivity index (χ0v) is 23.4. The Morgan fingerprint density at radius 3 is 2.56 bits per heavy atom. The van der Waals surface area contributed by atoms with Crippen molar-refractivity contribution in [3.05, 3.63) is 36.0 Å². The van der Waals surface area contributed by atoms with Crippen molar-refractivity contribution >= 4 is 17.9 Å². The van der Waals surface area contributed by atoms with Gasteiger partial charge in [-0.1, -0.05) is 30.7 Å². The van der Waals surface area contributed by atoms with Crippen LogP contribution < -0.4 is 16.4 Å². The number of amides is 3. The van der Waals surface area contributed by atoms with Gasteiger partial charge in [0.05, 0.1) is 31.0 Å². The van der Waals surface area contributed by atoms with Gasteiger partial charge in [-0.3, -0.25) is 9.59 Å². The molecule has 39 heavy (non-hydrogen) atoms. The second kappa shape index (κ2) is 13.6. The van der Waals surface area contributed by atoms with E-state index >= 15 is 0 Å². The third-order valence-corrected chi connectivity index (χ3v) is 7.43. The number of rotatable bonds is 10. The van der Waals surface area contributed by atoms with Crippen LogP contribution in [-0.4, -0.2) is 84.4 Å². The molecule has 3 rings (SSSR count). The van der Waals surface area contributed by atoms with Crippen LogP contribution in [0.3, 0.4) is 0 Å². The molecule has 5 N–H and O–H groups in total. The van der Waals surface area contributed by atoms with E-state index in [1.807, 2.05) is 26.0 Å². The highest BCUT2D eigenvalue weighted by molar-refractivity contribution is 5.87. The number of ether oxygens (including phenoxy) is 4. The van der Waals surface area contributed by atoms with Crippen LogP contribution >= 0.6 is 0 Å². The third kappa shape index (κ3) is 9.16. The molecule has 0 saturated carbocycles. The lowest BCUT2D eigenvalue weighted by molar-refractivity contribution is -0.143. The largest absolute Gasteiger partial charge is 0.459 e. The Labute approximate surface area is 230 Å². The number of hydrogen-bond acceptors (Lipinski definition) is 8. The van der Waals surface area contributed by atoms with Gasteiger partial charge in [0.1, 0.15) is 23.9 Å². The van der Waals surface area contributed by atoms with Crippen molar-refractivity contribution in [2.45, 2.75) is 102 Å². The minimum atomic E-state index is -0.791. The number of aliphatic hydroxyl groups excluding tert-OH is 1. The fourth-order valence-electron chi connectivity index (χ4n) is 5.10. The van der Waals surface area contributed by atoms with E-state index in [1.165, 1.54) is 13.0 Å². The Kier molecular flexibility index (Phi) is 10.7. The number of aliphatic hydroxyl groups is 1. The van der Waals surface area contributed by atoms with Gasteiger partial charge in [-0.25, -0.2) is 4.79 Å². The fraction of sp³-hybridized carbons (Fsp3) is 0.679. The molecule has 0 aromatic carbocycles. The van der Waals surface area contributed by atoms with Gasteiger partial charge >= 0.3 is 12.0 Å². The van der Waals surface area contributed by atoms with Crippen LogP contribution in [0.1, 0.15) is 53.9 Å². The van der Waals surface area contributed by atoms with Crippen LogP contribution in [0.2, 0.25) is 0 Å². The summed E-state index contributed by atoms with van der Waals surface area (Å²) >= 11 is 0. The monoisotopic (exact) mass is 549 g/mol. The van der Waals surface area contributed by atoms with E-state index in [0.29, 0.717) is 19.4 Å². The second-order valence-corrected chi connectivity index (χ2v) is 10.9. The van der Waals surface area contributed by atoms with Crippen molar-refractivity contribution in [2.24, 2.45) is 11.7 Å². The number of carbonyl (C=O) groups is 3. The predicted molar refractivity (Wildman–Crippen MR) is 143 cm³/mol. The van der Waals surface area contributed by atoms with Crippen molar-refractivity contribution in [1.82, 2.24) is 10.6 Å². The Morgan fingerprint density at radius 1 is 1.21 bits per heavy atom. The Bertz CT molecular complexity index is 976. The Morgan fingerprint density at radius 2 is 1.92 bits per heavy atom. The normalized spacial score (nSPS) is 35.6. The molecule has 3 aliphatic heterocycles. The molecule has 9 atom stereocenters. The average molecular weight is 550 g/mol. The Balaban J connectivity index is 1.49. The molecule has 3 amide bonds. The molecule has 11 heteroatoms. The van der Waals surface area contributed by atoms with Crippen LogP contribution in [0.4, 0.5) is 4.79 Å². The number of primary amides is 1. The Hall–Kier alpha value is -2.73. The van der Waals surface area contributed by atoms with E-state index in [1.54, 1.807) is 13.0 Å². The molecule has 0 aromatic heterocycles. The van der Waals surface area contributed by atoms with Gasteiger partial charge in [-0.2, -0.15) is 0 Å². The maximum Gasteiger partial charge on any atom is 0.312 e. The smallest absolute Gasteiger partial charge is 0.312 e. The number of nitrogens with one attached hydrogen (secondary N) is 2. The van der Waals surface area contributed by atoms with E-state index < -0.39 is 35.9 Å². The summed E-state index contributed by atoms with van der Waals surface area (Å²) in [7, 11) is 0. The van der Waals surface area contributed by atoms with Gasteiger partial charge in [0.25, 0.3) is 0 Å². The van der Waals surface area contributed by atoms with E-state index in [4.69, 9.17) is 24.7 Å². The van der Waals surface area contributed by atoms with Crippen LogP contribution in [-0.2, 0) is 28.5 Å². The molecule has 1 spiro atoms. The first-order chi connectivity index (χ1) is 18.4. The highest BCUT2D eigenvalue weighted by Crippen LogP contribution is 2.42. The molecule has 3 saturated heterocycles. The van der Waals surface area contributed by atoms with Crippen molar-refractivity contribution in [3.63, 3.8) is 0 Å². The van der Waals surface area contributed by atoms with E-state index in [-0.39, 0.29) is 42.7 Å². The summed E-state index contributed by atoms with van der Waals surface area (Å²) in [4.78, 5) is 34.4. The second-order valence-electron chi connectivity index (χ2n) is 10.9. The standard InChI is InChI=1S/C28H43N3O8/c1-16(7-10-24-26(34)28(15-36-28)13-21(39-24)14-30-27(29)35)6-9-23-17(2)12-22(19(4)38-23)31-25(33)11-8-18(3)37-20(5)32/h6-8,10-11,17-19,21-24,26,34H,9,12-15H2,1-5H3,(H,31,33)(H3,29,30,35). The minimum Gasteiger partial charge on any atom is -0.459 e. The summed E-state index contributed by atoms with van der Waals surface area (Å²) in [6, 6.07) is -0.743. The lowest BCUT2D eigenvalue weighted by Gasteiger charge is -2.39. The van der Waals surface area contributed by atoms with Gasteiger partial charge in [-0.15, -0.1) is 0 Å². The average Bonchev–Trinajstić information content (AvgIpc) is 3.63. The van der Waals surface area contributed by atoms with E-state index in [2.05, 4.69) is 23.6 Å². The highest BCUT2D eigenvalue weighted by Gasteiger charge is 2.58. The number of esters is 1. The topological polar surface area (TPSA) is 162 Å². The maximum atomic E-state index is 12.3. The highest BCUT2D eigenvalue weighted by atomic mass is 16.6. The summed E-state index contributed by atoms with van der Waals surface area (Å²) < 4.78 is 22.8. The number of allylic oxidation sites excluding steroid dienone is 2. The molecular formula is C28H43N3O8.